The van der Waals surface area contributed by atoms with Gasteiger partial charge in [0.25, 0.3) is 0 Å². The summed E-state index contributed by atoms with van der Waals surface area (Å²) in [6, 6.07) is 2.05. The molecule has 1 aliphatic heterocycles. The molecular formula is C9H10N4O. The van der Waals surface area contributed by atoms with Crippen molar-refractivity contribution in [1.82, 2.24) is 15.1 Å². The molecule has 2 N–H and O–H groups in total. The number of aromatic nitrogens is 2. The first-order chi connectivity index (χ1) is 6.81. The normalized spacial score (nSPS) is 15.6. The highest BCUT2D eigenvalue weighted by Crippen LogP contribution is 2.16. The van der Waals surface area contributed by atoms with Gasteiger partial charge in [0, 0.05) is 19.2 Å². The van der Waals surface area contributed by atoms with E-state index in [1.54, 1.807) is 16.9 Å². The molecule has 5 nitrogen and oxygen atoms in total. The van der Waals surface area contributed by atoms with Gasteiger partial charge in [-0.3, -0.25) is 10.1 Å². The standard InChI is InChI=1S/C9H10N4O/c1-2-9(14)12-8-3-4-11-13(8)7-5-10-6-7/h1,3-4,7,10H,5-6H2,(H,12,14). The molecule has 2 rings (SSSR count). The van der Waals surface area contributed by atoms with Crippen LogP contribution in [0, 0.1) is 12.3 Å². The number of terminal acetylenes is 1. The Morgan fingerprint density at radius 2 is 2.57 bits per heavy atom. The van der Waals surface area contributed by atoms with Crippen LogP contribution >= 0.6 is 0 Å². The molecule has 2 heterocycles. The number of anilines is 1. The Kier molecular flexibility index (Phi) is 2.21. The zero-order valence-corrected chi connectivity index (χ0v) is 7.53. The average molecular weight is 190 g/mol. The summed E-state index contributed by atoms with van der Waals surface area (Å²) < 4.78 is 1.77. The van der Waals surface area contributed by atoms with E-state index in [-0.39, 0.29) is 0 Å². The third kappa shape index (κ3) is 1.47. The van der Waals surface area contributed by atoms with Gasteiger partial charge in [-0.2, -0.15) is 5.10 Å². The molecule has 0 radical (unpaired) electrons. The van der Waals surface area contributed by atoms with Gasteiger partial charge in [-0.15, -0.1) is 6.42 Å². The molecule has 14 heavy (non-hydrogen) atoms. The minimum absolute atomic E-state index is 0.318. The second kappa shape index (κ2) is 3.52. The minimum Gasteiger partial charge on any atom is -0.312 e. The summed E-state index contributed by atoms with van der Waals surface area (Å²) >= 11 is 0. The molecule has 1 aromatic heterocycles. The summed E-state index contributed by atoms with van der Waals surface area (Å²) in [6.07, 6.45) is 6.60. The Bertz CT molecular complexity index is 386. The Morgan fingerprint density at radius 3 is 3.14 bits per heavy atom. The van der Waals surface area contributed by atoms with Crippen LogP contribution in [0.5, 0.6) is 0 Å². The Hall–Kier alpha value is -1.80. The highest BCUT2D eigenvalue weighted by molar-refractivity contribution is 6.03. The summed E-state index contributed by atoms with van der Waals surface area (Å²) in [5, 5.41) is 9.84. The number of carbonyl (C=O) groups excluding carboxylic acids is 1. The van der Waals surface area contributed by atoms with E-state index in [0.717, 1.165) is 13.1 Å². The van der Waals surface area contributed by atoms with E-state index in [1.165, 1.54) is 0 Å². The number of hydrogen-bond donors (Lipinski definition) is 2. The molecule has 1 fully saturated rings. The highest BCUT2D eigenvalue weighted by Gasteiger charge is 2.21. The quantitative estimate of drug-likeness (QED) is 0.624. The van der Waals surface area contributed by atoms with Crippen molar-refractivity contribution in [2.45, 2.75) is 6.04 Å². The molecule has 1 aromatic rings. The van der Waals surface area contributed by atoms with Gasteiger partial charge in [0.15, 0.2) is 0 Å². The molecule has 0 unspecified atom stereocenters. The minimum atomic E-state index is -0.445. The number of nitrogens with one attached hydrogen (secondary N) is 2. The summed E-state index contributed by atoms with van der Waals surface area (Å²) in [5.74, 6) is 2.21. The number of rotatable bonds is 2. The Morgan fingerprint density at radius 1 is 1.79 bits per heavy atom. The van der Waals surface area contributed by atoms with Crippen molar-refractivity contribution >= 4 is 11.7 Å². The summed E-state index contributed by atoms with van der Waals surface area (Å²) in [4.78, 5) is 11.0. The lowest BCUT2D eigenvalue weighted by molar-refractivity contribution is -0.111. The lowest BCUT2D eigenvalue weighted by atomic mass is 10.2. The predicted octanol–water partition coefficient (Wildman–Crippen LogP) is -0.401. The van der Waals surface area contributed by atoms with Gasteiger partial charge < -0.3 is 5.32 Å². The third-order valence-corrected chi connectivity index (χ3v) is 2.15. The monoisotopic (exact) mass is 190 g/mol. The van der Waals surface area contributed by atoms with Gasteiger partial charge in [-0.1, -0.05) is 0 Å². The van der Waals surface area contributed by atoms with Crippen LogP contribution in [0.1, 0.15) is 6.04 Å². The maximum absolute atomic E-state index is 11.0. The van der Waals surface area contributed by atoms with Crippen LogP contribution in [0.4, 0.5) is 5.82 Å². The first kappa shape index (κ1) is 8.78. The lowest BCUT2D eigenvalue weighted by Crippen LogP contribution is -2.44. The maximum atomic E-state index is 11.0. The number of carbonyl (C=O) groups is 1. The van der Waals surface area contributed by atoms with Crippen LogP contribution in [-0.4, -0.2) is 28.8 Å². The number of hydrogen-bond acceptors (Lipinski definition) is 3. The Balaban J connectivity index is 2.13. The van der Waals surface area contributed by atoms with Crippen molar-refractivity contribution in [3.05, 3.63) is 12.3 Å². The van der Waals surface area contributed by atoms with E-state index in [0.29, 0.717) is 11.9 Å². The third-order valence-electron chi connectivity index (χ3n) is 2.15. The first-order valence-corrected chi connectivity index (χ1v) is 4.33. The molecule has 1 amide bonds. The zero-order chi connectivity index (χ0) is 9.97. The second-order valence-corrected chi connectivity index (χ2v) is 3.07. The summed E-state index contributed by atoms with van der Waals surface area (Å²) in [6.45, 7) is 1.75. The first-order valence-electron chi connectivity index (χ1n) is 4.33. The van der Waals surface area contributed by atoms with E-state index in [9.17, 15) is 4.79 Å². The van der Waals surface area contributed by atoms with Crippen molar-refractivity contribution in [2.24, 2.45) is 0 Å². The van der Waals surface area contributed by atoms with Crippen molar-refractivity contribution in [3.63, 3.8) is 0 Å². The van der Waals surface area contributed by atoms with Crippen LogP contribution in [0.15, 0.2) is 12.3 Å². The van der Waals surface area contributed by atoms with Crippen LogP contribution in [0.25, 0.3) is 0 Å². The van der Waals surface area contributed by atoms with Crippen molar-refractivity contribution in [2.75, 3.05) is 18.4 Å². The molecule has 0 saturated carbocycles. The van der Waals surface area contributed by atoms with Crippen LogP contribution in [0.2, 0.25) is 0 Å². The smallest absolute Gasteiger partial charge is 0.301 e. The van der Waals surface area contributed by atoms with Crippen molar-refractivity contribution < 1.29 is 4.79 Å². The van der Waals surface area contributed by atoms with Crippen LogP contribution in [0.3, 0.4) is 0 Å². The van der Waals surface area contributed by atoms with Gasteiger partial charge in [-0.05, 0) is 5.92 Å². The van der Waals surface area contributed by atoms with E-state index in [4.69, 9.17) is 6.42 Å². The molecule has 5 heteroatoms. The molecule has 0 aromatic carbocycles. The van der Waals surface area contributed by atoms with Crippen molar-refractivity contribution in [3.8, 4) is 12.3 Å². The largest absolute Gasteiger partial charge is 0.312 e. The fourth-order valence-corrected chi connectivity index (χ4v) is 1.30. The molecular weight excluding hydrogens is 180 g/mol. The van der Waals surface area contributed by atoms with Crippen LogP contribution in [-0.2, 0) is 4.79 Å². The fourth-order valence-electron chi connectivity index (χ4n) is 1.30. The van der Waals surface area contributed by atoms with Gasteiger partial charge in [0.05, 0.1) is 12.2 Å². The predicted molar refractivity (Wildman–Crippen MR) is 51.6 cm³/mol. The number of amides is 1. The summed E-state index contributed by atoms with van der Waals surface area (Å²) in [5.41, 5.74) is 0. The molecule has 1 saturated heterocycles. The molecule has 0 aliphatic carbocycles. The highest BCUT2D eigenvalue weighted by atomic mass is 16.1. The SMILES string of the molecule is C#CC(=O)Nc1ccnn1C1CNC1. The molecule has 1 aliphatic rings. The molecule has 0 spiro atoms. The lowest BCUT2D eigenvalue weighted by Gasteiger charge is -2.28. The van der Waals surface area contributed by atoms with E-state index in [1.807, 2.05) is 5.92 Å². The zero-order valence-electron chi connectivity index (χ0n) is 7.53. The molecule has 0 bridgehead atoms. The molecule has 72 valence electrons. The van der Waals surface area contributed by atoms with Gasteiger partial charge in [-0.25, -0.2) is 4.68 Å². The average Bonchev–Trinajstić information content (AvgIpc) is 2.50. The fraction of sp³-hybridized carbons (Fsp3) is 0.333. The van der Waals surface area contributed by atoms with E-state index < -0.39 is 5.91 Å². The topological polar surface area (TPSA) is 59.0 Å². The van der Waals surface area contributed by atoms with E-state index in [2.05, 4.69) is 15.7 Å². The van der Waals surface area contributed by atoms with Gasteiger partial charge in [0.2, 0.25) is 0 Å². The number of nitrogens with zero attached hydrogens (tertiary/aromatic N) is 2. The van der Waals surface area contributed by atoms with Gasteiger partial charge >= 0.3 is 5.91 Å². The van der Waals surface area contributed by atoms with Crippen LogP contribution < -0.4 is 10.6 Å². The Labute approximate surface area is 81.5 Å². The second-order valence-electron chi connectivity index (χ2n) is 3.07. The van der Waals surface area contributed by atoms with E-state index >= 15 is 0 Å². The molecule has 0 atom stereocenters. The van der Waals surface area contributed by atoms with Gasteiger partial charge in [0.1, 0.15) is 5.82 Å². The summed E-state index contributed by atoms with van der Waals surface area (Å²) in [7, 11) is 0. The van der Waals surface area contributed by atoms with Crippen molar-refractivity contribution in [1.29, 1.82) is 0 Å². The maximum Gasteiger partial charge on any atom is 0.301 e.